The Bertz CT molecular complexity index is 945. The summed E-state index contributed by atoms with van der Waals surface area (Å²) in [5.41, 5.74) is 0.606. The van der Waals surface area contributed by atoms with E-state index in [0.29, 0.717) is 40.6 Å². The SMILES string of the molecule is O=C(Nc1ccc(Cl)c(Cl)c1)N1CCCC(c2nnc(-c3cccs3)o2)C1. The molecule has 27 heavy (non-hydrogen) atoms. The molecule has 2 aromatic heterocycles. The van der Waals surface area contributed by atoms with E-state index in [-0.39, 0.29) is 11.9 Å². The number of hydrogen-bond acceptors (Lipinski definition) is 5. The molecular formula is C18H16Cl2N4O2S. The number of anilines is 1. The van der Waals surface area contributed by atoms with Crippen molar-refractivity contribution in [2.45, 2.75) is 18.8 Å². The number of carbonyl (C=O) groups excluding carboxylic acids is 1. The summed E-state index contributed by atoms with van der Waals surface area (Å²) < 4.78 is 5.84. The molecule has 1 aliphatic rings. The fraction of sp³-hybridized carbons (Fsp3) is 0.278. The Hall–Kier alpha value is -2.09. The number of hydrogen-bond donors (Lipinski definition) is 1. The Kier molecular flexibility index (Phi) is 5.33. The highest BCUT2D eigenvalue weighted by Crippen LogP contribution is 2.30. The first-order chi connectivity index (χ1) is 13.1. The molecule has 1 N–H and O–H groups in total. The molecule has 3 heterocycles. The number of thiophene rings is 1. The summed E-state index contributed by atoms with van der Waals surface area (Å²) in [5.74, 6) is 1.13. The number of rotatable bonds is 3. The molecule has 1 saturated heterocycles. The lowest BCUT2D eigenvalue weighted by Crippen LogP contribution is -2.41. The van der Waals surface area contributed by atoms with Crippen LogP contribution in [0, 0.1) is 0 Å². The van der Waals surface area contributed by atoms with Gasteiger partial charge in [0.15, 0.2) is 0 Å². The molecule has 1 aliphatic heterocycles. The van der Waals surface area contributed by atoms with Crippen molar-refractivity contribution < 1.29 is 9.21 Å². The number of urea groups is 1. The maximum atomic E-state index is 12.6. The van der Waals surface area contributed by atoms with Gasteiger partial charge in [-0.25, -0.2) is 4.79 Å². The van der Waals surface area contributed by atoms with Crippen molar-refractivity contribution in [1.29, 1.82) is 0 Å². The van der Waals surface area contributed by atoms with E-state index in [1.54, 1.807) is 34.4 Å². The molecule has 3 aromatic rings. The summed E-state index contributed by atoms with van der Waals surface area (Å²) in [6.07, 6.45) is 1.78. The van der Waals surface area contributed by atoms with Gasteiger partial charge in [-0.15, -0.1) is 21.5 Å². The second-order valence-corrected chi connectivity index (χ2v) is 8.03. The van der Waals surface area contributed by atoms with E-state index in [0.717, 1.165) is 17.7 Å². The van der Waals surface area contributed by atoms with Crippen LogP contribution < -0.4 is 5.32 Å². The lowest BCUT2D eigenvalue weighted by atomic mass is 9.98. The van der Waals surface area contributed by atoms with Crippen LogP contribution in [0.4, 0.5) is 10.5 Å². The number of piperidine rings is 1. The molecule has 1 unspecified atom stereocenters. The molecule has 2 amide bonds. The van der Waals surface area contributed by atoms with Crippen molar-refractivity contribution in [3.63, 3.8) is 0 Å². The van der Waals surface area contributed by atoms with Gasteiger partial charge < -0.3 is 14.6 Å². The van der Waals surface area contributed by atoms with Crippen molar-refractivity contribution in [2.75, 3.05) is 18.4 Å². The van der Waals surface area contributed by atoms with Crippen LogP contribution in [0.5, 0.6) is 0 Å². The van der Waals surface area contributed by atoms with E-state index in [9.17, 15) is 4.79 Å². The van der Waals surface area contributed by atoms with Gasteiger partial charge in [0.25, 0.3) is 5.89 Å². The molecule has 6 nitrogen and oxygen atoms in total. The lowest BCUT2D eigenvalue weighted by molar-refractivity contribution is 0.187. The summed E-state index contributed by atoms with van der Waals surface area (Å²) in [4.78, 5) is 15.3. The predicted octanol–water partition coefficient (Wildman–Crippen LogP) is 5.52. The second kappa shape index (κ2) is 7.88. The van der Waals surface area contributed by atoms with Gasteiger partial charge in [-0.2, -0.15) is 0 Å². The largest absolute Gasteiger partial charge is 0.420 e. The third kappa shape index (κ3) is 4.10. The summed E-state index contributed by atoms with van der Waals surface area (Å²) in [7, 11) is 0. The molecule has 1 aromatic carbocycles. The van der Waals surface area contributed by atoms with Crippen LogP contribution in [0.1, 0.15) is 24.7 Å². The van der Waals surface area contributed by atoms with Gasteiger partial charge in [0, 0.05) is 18.8 Å². The molecular weight excluding hydrogens is 407 g/mol. The topological polar surface area (TPSA) is 71.3 Å². The number of amides is 2. The summed E-state index contributed by atoms with van der Waals surface area (Å²) in [6.45, 7) is 1.20. The number of nitrogens with zero attached hydrogens (tertiary/aromatic N) is 3. The Morgan fingerprint density at radius 2 is 2.15 bits per heavy atom. The van der Waals surface area contributed by atoms with Gasteiger partial charge in [-0.1, -0.05) is 29.3 Å². The Labute approximate surface area is 170 Å². The zero-order chi connectivity index (χ0) is 18.8. The minimum absolute atomic E-state index is 0.0273. The van der Waals surface area contributed by atoms with Crippen molar-refractivity contribution in [3.8, 4) is 10.8 Å². The fourth-order valence-electron chi connectivity index (χ4n) is 3.04. The molecule has 0 saturated carbocycles. The standard InChI is InChI=1S/C18H16Cl2N4O2S/c19-13-6-5-12(9-14(13)20)21-18(25)24-7-1-3-11(10-24)16-22-23-17(26-16)15-4-2-8-27-15/h2,4-6,8-9,11H,1,3,7,10H2,(H,21,25). The van der Waals surface area contributed by atoms with Crippen molar-refractivity contribution in [2.24, 2.45) is 0 Å². The fourth-order valence-corrected chi connectivity index (χ4v) is 3.98. The van der Waals surface area contributed by atoms with Crippen molar-refractivity contribution in [1.82, 2.24) is 15.1 Å². The smallest absolute Gasteiger partial charge is 0.321 e. The van der Waals surface area contributed by atoms with E-state index in [1.165, 1.54) is 0 Å². The molecule has 9 heteroatoms. The first kappa shape index (κ1) is 18.3. The highest BCUT2D eigenvalue weighted by atomic mass is 35.5. The van der Waals surface area contributed by atoms with E-state index >= 15 is 0 Å². The number of aromatic nitrogens is 2. The monoisotopic (exact) mass is 422 g/mol. The minimum Gasteiger partial charge on any atom is -0.420 e. The van der Waals surface area contributed by atoms with Crippen LogP contribution in [0.3, 0.4) is 0 Å². The summed E-state index contributed by atoms with van der Waals surface area (Å²) in [6, 6.07) is 8.71. The number of carbonyl (C=O) groups is 1. The van der Waals surface area contributed by atoms with Crippen LogP contribution in [-0.4, -0.2) is 34.2 Å². The highest BCUT2D eigenvalue weighted by Gasteiger charge is 2.28. The Morgan fingerprint density at radius 3 is 2.93 bits per heavy atom. The molecule has 140 valence electrons. The van der Waals surface area contributed by atoms with Gasteiger partial charge in [0.1, 0.15) is 0 Å². The number of benzene rings is 1. The van der Waals surface area contributed by atoms with Crippen molar-refractivity contribution in [3.05, 3.63) is 51.6 Å². The van der Waals surface area contributed by atoms with Gasteiger partial charge in [0.05, 0.1) is 20.8 Å². The molecule has 1 atom stereocenters. The first-order valence-corrected chi connectivity index (χ1v) is 10.1. The first-order valence-electron chi connectivity index (χ1n) is 8.48. The third-order valence-electron chi connectivity index (χ3n) is 4.40. The second-order valence-electron chi connectivity index (χ2n) is 6.27. The number of nitrogens with one attached hydrogen (secondary N) is 1. The maximum absolute atomic E-state index is 12.6. The normalized spacial score (nSPS) is 17.1. The van der Waals surface area contributed by atoms with Crippen molar-refractivity contribution >= 4 is 46.3 Å². The van der Waals surface area contributed by atoms with Crippen LogP contribution in [0.2, 0.25) is 10.0 Å². The molecule has 0 bridgehead atoms. The van der Waals surface area contributed by atoms with Gasteiger partial charge >= 0.3 is 6.03 Å². The molecule has 0 radical (unpaired) electrons. The molecule has 4 rings (SSSR count). The predicted molar refractivity (Wildman–Crippen MR) is 107 cm³/mol. The van der Waals surface area contributed by atoms with E-state index in [2.05, 4.69) is 15.5 Å². The van der Waals surface area contributed by atoms with Gasteiger partial charge in [-0.3, -0.25) is 0 Å². The zero-order valence-electron chi connectivity index (χ0n) is 14.2. The van der Waals surface area contributed by atoms with Crippen LogP contribution in [0.25, 0.3) is 10.8 Å². The molecule has 0 aliphatic carbocycles. The lowest BCUT2D eigenvalue weighted by Gasteiger charge is -2.31. The van der Waals surface area contributed by atoms with Gasteiger partial charge in [-0.05, 0) is 42.5 Å². The molecule has 1 fully saturated rings. The number of halogens is 2. The quantitative estimate of drug-likeness (QED) is 0.603. The van der Waals surface area contributed by atoms with Crippen LogP contribution in [0.15, 0.2) is 40.1 Å². The molecule has 0 spiro atoms. The van der Waals surface area contributed by atoms with Gasteiger partial charge in [0.2, 0.25) is 5.89 Å². The number of likely N-dealkylation sites (tertiary alicyclic amines) is 1. The van der Waals surface area contributed by atoms with Crippen LogP contribution in [-0.2, 0) is 0 Å². The summed E-state index contributed by atoms with van der Waals surface area (Å²) >= 11 is 13.5. The minimum atomic E-state index is -0.184. The maximum Gasteiger partial charge on any atom is 0.321 e. The van der Waals surface area contributed by atoms with Crippen LogP contribution >= 0.6 is 34.5 Å². The van der Waals surface area contributed by atoms with E-state index < -0.39 is 0 Å². The Balaban J connectivity index is 1.43. The summed E-state index contributed by atoms with van der Waals surface area (Å²) in [5, 5.41) is 14.0. The highest BCUT2D eigenvalue weighted by molar-refractivity contribution is 7.13. The van der Waals surface area contributed by atoms with E-state index in [4.69, 9.17) is 27.6 Å². The average Bonchev–Trinajstić information content (AvgIpc) is 3.36. The zero-order valence-corrected chi connectivity index (χ0v) is 16.5. The van der Waals surface area contributed by atoms with E-state index in [1.807, 2.05) is 17.5 Å². The average molecular weight is 423 g/mol. The third-order valence-corrected chi connectivity index (χ3v) is 6.00. The Morgan fingerprint density at radius 1 is 1.26 bits per heavy atom.